The van der Waals surface area contributed by atoms with Crippen LogP contribution >= 0.6 is 11.3 Å². The van der Waals surface area contributed by atoms with Crippen molar-refractivity contribution >= 4 is 11.3 Å². The third-order valence-corrected chi connectivity index (χ3v) is 4.11. The average molecular weight is 324 g/mol. The van der Waals surface area contributed by atoms with Crippen molar-refractivity contribution < 1.29 is 14.3 Å². The smallest absolute Gasteiger partial charge is 0.226 e. The van der Waals surface area contributed by atoms with Crippen LogP contribution < -0.4 is 5.43 Å². The minimum absolute atomic E-state index is 0.00387. The van der Waals surface area contributed by atoms with Gasteiger partial charge in [-0.3, -0.25) is 9.69 Å². The van der Waals surface area contributed by atoms with E-state index in [9.17, 15) is 9.90 Å². The van der Waals surface area contributed by atoms with Crippen molar-refractivity contribution in [3.05, 3.63) is 44.4 Å². The first kappa shape index (κ1) is 16.7. The molecule has 0 spiro atoms. The molecule has 22 heavy (non-hydrogen) atoms. The van der Waals surface area contributed by atoms with Gasteiger partial charge < -0.3 is 14.3 Å². The molecule has 0 saturated heterocycles. The molecule has 1 N–H and O–H groups in total. The summed E-state index contributed by atoms with van der Waals surface area (Å²) in [7, 11) is 1.91. The Kier molecular flexibility index (Phi) is 5.70. The molecule has 2 aromatic heterocycles. The van der Waals surface area contributed by atoms with Crippen molar-refractivity contribution in [2.24, 2.45) is 0 Å². The van der Waals surface area contributed by atoms with Crippen LogP contribution in [0.3, 0.4) is 0 Å². The Morgan fingerprint density at radius 2 is 2.27 bits per heavy atom. The normalized spacial score (nSPS) is 12.7. The molecule has 6 nitrogen and oxygen atoms in total. The molecule has 0 aliphatic carbocycles. The molecule has 7 heteroatoms. The minimum Gasteiger partial charge on any atom is -0.502 e. The van der Waals surface area contributed by atoms with E-state index < -0.39 is 5.43 Å². The molecule has 0 saturated carbocycles. The third kappa shape index (κ3) is 4.40. The van der Waals surface area contributed by atoms with Crippen LogP contribution in [0.15, 0.2) is 26.9 Å². The first-order chi connectivity index (χ1) is 10.5. The van der Waals surface area contributed by atoms with Crippen LogP contribution in [0.1, 0.15) is 36.4 Å². The van der Waals surface area contributed by atoms with Gasteiger partial charge in [-0.1, -0.05) is 0 Å². The largest absolute Gasteiger partial charge is 0.502 e. The number of aromatic nitrogens is 1. The fourth-order valence-electron chi connectivity index (χ4n) is 2.03. The molecular formula is C15H20N2O4S. The maximum Gasteiger partial charge on any atom is 0.226 e. The van der Waals surface area contributed by atoms with Gasteiger partial charge >= 0.3 is 0 Å². The molecule has 0 aliphatic rings. The van der Waals surface area contributed by atoms with Crippen LogP contribution in [0.5, 0.6) is 5.75 Å². The molecule has 0 bridgehead atoms. The molecule has 0 unspecified atom stereocenters. The van der Waals surface area contributed by atoms with Gasteiger partial charge in [-0.2, -0.15) is 0 Å². The summed E-state index contributed by atoms with van der Waals surface area (Å²) in [5.41, 5.74) is 0.520. The van der Waals surface area contributed by atoms with Gasteiger partial charge in [-0.05, 0) is 20.9 Å². The van der Waals surface area contributed by atoms with Crippen LogP contribution in [0.4, 0.5) is 0 Å². The maximum atomic E-state index is 11.4. The number of hydrogen-bond donors (Lipinski definition) is 1. The Labute approximate surface area is 133 Å². The van der Waals surface area contributed by atoms with Crippen LogP contribution in [-0.2, 0) is 17.8 Å². The zero-order valence-corrected chi connectivity index (χ0v) is 13.7. The molecule has 120 valence electrons. The van der Waals surface area contributed by atoms with E-state index in [-0.39, 0.29) is 11.9 Å². The Morgan fingerprint density at radius 3 is 2.95 bits per heavy atom. The molecule has 0 radical (unpaired) electrons. The molecule has 0 amide bonds. The van der Waals surface area contributed by atoms with Crippen LogP contribution in [0, 0.1) is 0 Å². The number of rotatable bonds is 7. The molecule has 2 heterocycles. The highest BCUT2D eigenvalue weighted by molar-refractivity contribution is 7.09. The molecule has 1 atom stereocenters. The van der Waals surface area contributed by atoms with Gasteiger partial charge in [0.2, 0.25) is 5.43 Å². The maximum absolute atomic E-state index is 11.4. The highest BCUT2D eigenvalue weighted by Crippen LogP contribution is 2.21. The van der Waals surface area contributed by atoms with E-state index in [1.807, 2.05) is 31.2 Å². The quantitative estimate of drug-likeness (QED) is 0.843. The summed E-state index contributed by atoms with van der Waals surface area (Å²) in [4.78, 5) is 17.9. The molecule has 0 fully saturated rings. The van der Waals surface area contributed by atoms with Gasteiger partial charge in [0.25, 0.3) is 0 Å². The van der Waals surface area contributed by atoms with Gasteiger partial charge in [0, 0.05) is 24.6 Å². The van der Waals surface area contributed by atoms with E-state index in [0.29, 0.717) is 25.5 Å². The monoisotopic (exact) mass is 324 g/mol. The molecule has 0 aliphatic heterocycles. The zero-order chi connectivity index (χ0) is 16.1. The Hall–Kier alpha value is -1.70. The molecule has 2 aromatic rings. The van der Waals surface area contributed by atoms with Crippen molar-refractivity contribution in [1.82, 2.24) is 9.88 Å². The van der Waals surface area contributed by atoms with Gasteiger partial charge in [-0.25, -0.2) is 4.98 Å². The number of nitrogens with zero attached hydrogens (tertiary/aromatic N) is 2. The summed E-state index contributed by atoms with van der Waals surface area (Å²) in [6.07, 6.45) is 1.07. The molecule has 0 aromatic carbocycles. The third-order valence-electron chi connectivity index (χ3n) is 3.06. The predicted octanol–water partition coefficient (Wildman–Crippen LogP) is 2.53. The van der Waals surface area contributed by atoms with Gasteiger partial charge in [-0.15, -0.1) is 11.3 Å². The molecule has 2 rings (SSSR count). The van der Waals surface area contributed by atoms with E-state index in [0.717, 1.165) is 17.0 Å². The lowest BCUT2D eigenvalue weighted by molar-refractivity contribution is 0.0760. The SMILES string of the molecule is CCO[C@@H](C)c1nc(CN(C)Cc2cc(=O)c(O)co2)cs1. The summed E-state index contributed by atoms with van der Waals surface area (Å²) in [6.45, 7) is 5.71. The van der Waals surface area contributed by atoms with E-state index in [1.165, 1.54) is 6.07 Å². The van der Waals surface area contributed by atoms with E-state index in [4.69, 9.17) is 9.15 Å². The van der Waals surface area contributed by atoms with E-state index >= 15 is 0 Å². The summed E-state index contributed by atoms with van der Waals surface area (Å²) < 4.78 is 10.7. The van der Waals surface area contributed by atoms with Gasteiger partial charge in [0.15, 0.2) is 5.75 Å². The second-order valence-corrected chi connectivity index (χ2v) is 5.93. The summed E-state index contributed by atoms with van der Waals surface area (Å²) in [6, 6.07) is 1.30. The number of thiazole rings is 1. The van der Waals surface area contributed by atoms with Crippen LogP contribution in [-0.4, -0.2) is 28.6 Å². The number of hydrogen-bond acceptors (Lipinski definition) is 7. The van der Waals surface area contributed by atoms with Crippen molar-refractivity contribution in [3.63, 3.8) is 0 Å². The second kappa shape index (κ2) is 7.53. The highest BCUT2D eigenvalue weighted by atomic mass is 32.1. The highest BCUT2D eigenvalue weighted by Gasteiger charge is 2.12. The topological polar surface area (TPSA) is 75.8 Å². The lowest BCUT2D eigenvalue weighted by atomic mass is 10.3. The summed E-state index contributed by atoms with van der Waals surface area (Å²) in [5.74, 6) is 0.129. The lowest BCUT2D eigenvalue weighted by Crippen LogP contribution is -2.18. The van der Waals surface area contributed by atoms with Gasteiger partial charge in [0.05, 0.1) is 12.2 Å². The minimum atomic E-state index is -0.434. The fourth-order valence-corrected chi connectivity index (χ4v) is 2.84. The molecular weight excluding hydrogens is 304 g/mol. The lowest BCUT2D eigenvalue weighted by Gasteiger charge is -2.14. The standard InChI is InChI=1S/C15H20N2O4S/c1-4-20-10(2)15-16-11(9-22-15)6-17(3)7-12-5-13(18)14(19)8-21-12/h5,8-10,19H,4,6-7H2,1-3H3/t10-/m0/s1. The first-order valence-corrected chi connectivity index (χ1v) is 7.92. The summed E-state index contributed by atoms with van der Waals surface area (Å²) >= 11 is 1.58. The van der Waals surface area contributed by atoms with Gasteiger partial charge in [0.1, 0.15) is 23.1 Å². The van der Waals surface area contributed by atoms with Crippen molar-refractivity contribution in [2.75, 3.05) is 13.7 Å². The average Bonchev–Trinajstić information content (AvgIpc) is 2.91. The Balaban J connectivity index is 1.95. The predicted molar refractivity (Wildman–Crippen MR) is 84.0 cm³/mol. The zero-order valence-electron chi connectivity index (χ0n) is 12.9. The summed E-state index contributed by atoms with van der Waals surface area (Å²) in [5, 5.41) is 12.1. The van der Waals surface area contributed by atoms with E-state index in [2.05, 4.69) is 4.98 Å². The van der Waals surface area contributed by atoms with Crippen molar-refractivity contribution in [1.29, 1.82) is 0 Å². The first-order valence-electron chi connectivity index (χ1n) is 7.04. The van der Waals surface area contributed by atoms with Crippen molar-refractivity contribution in [3.8, 4) is 5.75 Å². The number of aromatic hydroxyl groups is 1. The fraction of sp³-hybridized carbons (Fsp3) is 0.467. The number of ether oxygens (including phenoxy) is 1. The van der Waals surface area contributed by atoms with Crippen molar-refractivity contribution in [2.45, 2.75) is 33.0 Å². The Bertz CT molecular complexity index is 668. The van der Waals surface area contributed by atoms with E-state index in [1.54, 1.807) is 11.3 Å². The van der Waals surface area contributed by atoms with Crippen LogP contribution in [0.25, 0.3) is 0 Å². The Morgan fingerprint density at radius 1 is 1.50 bits per heavy atom. The van der Waals surface area contributed by atoms with Crippen LogP contribution in [0.2, 0.25) is 0 Å². The second-order valence-electron chi connectivity index (χ2n) is 5.04.